The van der Waals surface area contributed by atoms with Gasteiger partial charge in [-0.15, -0.1) is 11.3 Å². The first-order valence-corrected chi connectivity index (χ1v) is 9.53. The molecule has 1 fully saturated rings. The van der Waals surface area contributed by atoms with E-state index in [4.69, 9.17) is 16.0 Å². The van der Waals surface area contributed by atoms with Gasteiger partial charge in [-0.3, -0.25) is 4.99 Å². The molecule has 2 aromatic heterocycles. The topological polar surface area (TPSA) is 92.0 Å². The average Bonchev–Trinajstić information content (AvgIpc) is 3.13. The van der Waals surface area contributed by atoms with Gasteiger partial charge in [-0.25, -0.2) is 4.98 Å². The second-order valence-corrected chi connectivity index (χ2v) is 6.82. The molecule has 3 rings (SSSR count). The number of nitrogens with two attached hydrogens (primary N) is 1. The molecule has 0 radical (unpaired) electrons. The molecule has 0 aromatic carbocycles. The first-order valence-electron chi connectivity index (χ1n) is 8.72. The normalized spacial score (nSPS) is 17.5. The molecule has 3 heterocycles. The Bertz CT molecular complexity index is 793. The molecular weight excluding hydrogens is 332 g/mol. The van der Waals surface area contributed by atoms with E-state index < -0.39 is 0 Å². The summed E-state index contributed by atoms with van der Waals surface area (Å²) in [5.74, 6) is 0.996. The molecular formula is C18H26N6S. The SMILES string of the molecule is CC.Cn1c(-c2ccc(C#N)s2)cnc(N)c1=NC[C@H]1CCCNC1. The summed E-state index contributed by atoms with van der Waals surface area (Å²) >= 11 is 1.45. The predicted octanol–water partition coefficient (Wildman–Crippen LogP) is 2.53. The summed E-state index contributed by atoms with van der Waals surface area (Å²) in [5, 5.41) is 12.4. The molecule has 0 amide bonds. The fourth-order valence-corrected chi connectivity index (χ4v) is 3.66. The third kappa shape index (κ3) is 4.68. The highest BCUT2D eigenvalue weighted by Crippen LogP contribution is 2.26. The molecule has 0 saturated carbocycles. The van der Waals surface area contributed by atoms with Gasteiger partial charge >= 0.3 is 0 Å². The number of rotatable bonds is 3. The van der Waals surface area contributed by atoms with E-state index in [0.717, 1.165) is 30.2 Å². The Labute approximate surface area is 153 Å². The van der Waals surface area contributed by atoms with E-state index >= 15 is 0 Å². The van der Waals surface area contributed by atoms with Crippen LogP contribution >= 0.6 is 11.3 Å². The monoisotopic (exact) mass is 358 g/mol. The fraction of sp³-hybridized carbons (Fsp3) is 0.500. The molecule has 0 unspecified atom stereocenters. The van der Waals surface area contributed by atoms with Gasteiger partial charge in [0.1, 0.15) is 10.9 Å². The van der Waals surface area contributed by atoms with E-state index in [2.05, 4.69) is 16.4 Å². The number of thiophene rings is 1. The Kier molecular flexibility index (Phi) is 7.16. The summed E-state index contributed by atoms with van der Waals surface area (Å²) in [6, 6.07) is 5.92. The van der Waals surface area contributed by atoms with Gasteiger partial charge in [0.05, 0.1) is 16.8 Å². The fourth-order valence-electron chi connectivity index (χ4n) is 2.81. The van der Waals surface area contributed by atoms with Crippen LogP contribution in [0.2, 0.25) is 0 Å². The Morgan fingerprint density at radius 2 is 2.28 bits per heavy atom. The van der Waals surface area contributed by atoms with Crippen molar-refractivity contribution in [3.05, 3.63) is 28.7 Å². The van der Waals surface area contributed by atoms with Crippen molar-refractivity contribution in [2.24, 2.45) is 18.0 Å². The second-order valence-electron chi connectivity index (χ2n) is 5.74. The standard InChI is InChI=1S/C16H20N6S.C2H6/c1-22-13(14-5-4-12(7-17)23-14)10-20-15(18)16(22)21-9-11-3-2-6-19-8-11;1-2/h4-5,10-11,19H,2-3,6,8-9H2,1H3,(H2,18,20);1-2H3/t11-;/m0./s1. The molecule has 1 aliphatic heterocycles. The molecule has 0 aliphatic carbocycles. The molecule has 1 aliphatic rings. The molecule has 7 heteroatoms. The largest absolute Gasteiger partial charge is 0.381 e. The summed E-state index contributed by atoms with van der Waals surface area (Å²) in [6.45, 7) is 6.86. The van der Waals surface area contributed by atoms with Crippen LogP contribution in [0.1, 0.15) is 31.6 Å². The molecule has 25 heavy (non-hydrogen) atoms. The first-order chi connectivity index (χ1) is 12.2. The third-order valence-electron chi connectivity index (χ3n) is 4.10. The third-order valence-corrected chi connectivity index (χ3v) is 5.11. The molecule has 1 saturated heterocycles. The number of nitriles is 1. The minimum absolute atomic E-state index is 0.442. The van der Waals surface area contributed by atoms with Crippen LogP contribution in [-0.4, -0.2) is 29.2 Å². The highest BCUT2D eigenvalue weighted by Gasteiger charge is 2.13. The van der Waals surface area contributed by atoms with Crippen LogP contribution in [0.15, 0.2) is 23.3 Å². The molecule has 2 aromatic rings. The molecule has 1 atom stereocenters. The summed E-state index contributed by atoms with van der Waals surface area (Å²) in [7, 11) is 1.94. The molecule has 134 valence electrons. The second kappa shape index (κ2) is 9.35. The van der Waals surface area contributed by atoms with E-state index in [1.807, 2.05) is 37.6 Å². The minimum atomic E-state index is 0.442. The van der Waals surface area contributed by atoms with Gasteiger partial charge in [-0.2, -0.15) is 5.26 Å². The minimum Gasteiger partial charge on any atom is -0.381 e. The van der Waals surface area contributed by atoms with Gasteiger partial charge in [-0.1, -0.05) is 13.8 Å². The van der Waals surface area contributed by atoms with Gasteiger partial charge in [0.2, 0.25) is 0 Å². The maximum atomic E-state index is 8.99. The molecule has 3 N–H and O–H groups in total. The van der Waals surface area contributed by atoms with Crippen molar-refractivity contribution in [2.75, 3.05) is 25.4 Å². The summed E-state index contributed by atoms with van der Waals surface area (Å²) in [5.41, 5.74) is 7.66. The highest BCUT2D eigenvalue weighted by atomic mass is 32.1. The maximum absolute atomic E-state index is 8.99. The van der Waals surface area contributed by atoms with Crippen LogP contribution in [0.5, 0.6) is 0 Å². The van der Waals surface area contributed by atoms with Crippen molar-refractivity contribution in [1.82, 2.24) is 14.9 Å². The number of piperidine rings is 1. The Morgan fingerprint density at radius 3 is 2.92 bits per heavy atom. The lowest BCUT2D eigenvalue weighted by Crippen LogP contribution is -2.32. The average molecular weight is 359 g/mol. The number of nitrogens with one attached hydrogen (secondary N) is 1. The summed E-state index contributed by atoms with van der Waals surface area (Å²) in [4.78, 5) is 10.7. The van der Waals surface area contributed by atoms with Crippen molar-refractivity contribution in [2.45, 2.75) is 26.7 Å². The summed E-state index contributed by atoms with van der Waals surface area (Å²) < 4.78 is 1.96. The Morgan fingerprint density at radius 1 is 1.48 bits per heavy atom. The molecule has 6 nitrogen and oxygen atoms in total. The number of hydrogen-bond acceptors (Lipinski definition) is 6. The smallest absolute Gasteiger partial charge is 0.171 e. The molecule has 0 spiro atoms. The number of hydrogen-bond donors (Lipinski definition) is 2. The van der Waals surface area contributed by atoms with Crippen LogP contribution in [0, 0.1) is 17.2 Å². The lowest BCUT2D eigenvalue weighted by molar-refractivity contribution is 0.383. The van der Waals surface area contributed by atoms with Crippen molar-refractivity contribution in [3.63, 3.8) is 0 Å². The van der Waals surface area contributed by atoms with Gasteiger partial charge < -0.3 is 15.6 Å². The number of nitrogens with zero attached hydrogens (tertiary/aromatic N) is 4. The Hall–Kier alpha value is -2.17. The molecule has 0 bridgehead atoms. The zero-order valence-corrected chi connectivity index (χ0v) is 15.9. The van der Waals surface area contributed by atoms with Crippen LogP contribution in [0.4, 0.5) is 5.82 Å². The van der Waals surface area contributed by atoms with Crippen LogP contribution < -0.4 is 16.5 Å². The van der Waals surface area contributed by atoms with Crippen LogP contribution in [-0.2, 0) is 7.05 Å². The van der Waals surface area contributed by atoms with Crippen LogP contribution in [0.25, 0.3) is 10.6 Å². The van der Waals surface area contributed by atoms with Gasteiger partial charge in [-0.05, 0) is 44.0 Å². The van der Waals surface area contributed by atoms with Crippen molar-refractivity contribution in [3.8, 4) is 16.6 Å². The van der Waals surface area contributed by atoms with E-state index in [9.17, 15) is 0 Å². The number of anilines is 1. The van der Waals surface area contributed by atoms with E-state index in [1.54, 1.807) is 6.20 Å². The summed E-state index contributed by atoms with van der Waals surface area (Å²) in [6.07, 6.45) is 4.14. The van der Waals surface area contributed by atoms with Crippen molar-refractivity contribution >= 4 is 17.2 Å². The van der Waals surface area contributed by atoms with E-state index in [1.165, 1.54) is 24.2 Å². The quantitative estimate of drug-likeness (QED) is 0.882. The lowest BCUT2D eigenvalue weighted by atomic mass is 10.0. The maximum Gasteiger partial charge on any atom is 0.171 e. The van der Waals surface area contributed by atoms with Crippen molar-refractivity contribution in [1.29, 1.82) is 5.26 Å². The zero-order chi connectivity index (χ0) is 18.2. The van der Waals surface area contributed by atoms with Gasteiger partial charge in [0.15, 0.2) is 11.3 Å². The number of aromatic nitrogens is 2. The van der Waals surface area contributed by atoms with Crippen molar-refractivity contribution < 1.29 is 0 Å². The Balaban J connectivity index is 0.00000109. The van der Waals surface area contributed by atoms with E-state index in [-0.39, 0.29) is 0 Å². The van der Waals surface area contributed by atoms with Gasteiger partial charge in [0, 0.05) is 13.6 Å². The van der Waals surface area contributed by atoms with Crippen LogP contribution in [0.3, 0.4) is 0 Å². The zero-order valence-electron chi connectivity index (χ0n) is 15.1. The predicted molar refractivity (Wildman–Crippen MR) is 103 cm³/mol. The first kappa shape index (κ1) is 19.2. The lowest BCUT2D eigenvalue weighted by Gasteiger charge is -2.20. The van der Waals surface area contributed by atoms with Gasteiger partial charge in [0.25, 0.3) is 0 Å². The van der Waals surface area contributed by atoms with E-state index in [0.29, 0.717) is 22.1 Å². The highest BCUT2D eigenvalue weighted by molar-refractivity contribution is 7.15. The number of nitrogen functional groups attached to an aromatic ring is 1.